The molecule has 0 aromatic heterocycles. The van der Waals surface area contributed by atoms with E-state index < -0.39 is 0 Å². The average Bonchev–Trinajstić information content (AvgIpc) is 3.32. The molecule has 2 nitrogen and oxygen atoms in total. The second-order valence-electron chi connectivity index (χ2n) is 6.13. The summed E-state index contributed by atoms with van der Waals surface area (Å²) in [5, 5.41) is 3.78. The van der Waals surface area contributed by atoms with Crippen LogP contribution >= 0.6 is 0 Å². The number of nitrogens with one attached hydrogen (secondary N) is 1. The Morgan fingerprint density at radius 2 is 1.89 bits per heavy atom. The molecule has 3 rings (SSSR count). The number of methoxy groups -OCH3 is 1. The summed E-state index contributed by atoms with van der Waals surface area (Å²) in [6.07, 6.45) is 8.48. The summed E-state index contributed by atoms with van der Waals surface area (Å²) in [5.41, 5.74) is 1.43. The third-order valence-electron chi connectivity index (χ3n) is 4.42. The Bertz CT molecular complexity index is 392. The zero-order valence-electron chi connectivity index (χ0n) is 11.9. The topological polar surface area (TPSA) is 21.3 Å². The second-order valence-corrected chi connectivity index (χ2v) is 6.13. The number of ether oxygens (including phenoxy) is 1. The lowest BCUT2D eigenvalue weighted by Crippen LogP contribution is -2.24. The molecule has 2 fully saturated rings. The van der Waals surface area contributed by atoms with E-state index in [0.29, 0.717) is 6.04 Å². The summed E-state index contributed by atoms with van der Waals surface area (Å²) in [6, 6.07) is 9.16. The Morgan fingerprint density at radius 1 is 1.16 bits per heavy atom. The molecule has 1 N–H and O–H groups in total. The molecule has 1 aromatic carbocycles. The minimum atomic E-state index is 0.560. The highest BCUT2D eigenvalue weighted by Gasteiger charge is 2.31. The number of rotatable bonds is 8. The van der Waals surface area contributed by atoms with Crippen molar-refractivity contribution in [3.63, 3.8) is 0 Å². The third kappa shape index (κ3) is 3.73. The van der Waals surface area contributed by atoms with Gasteiger partial charge in [-0.05, 0) is 61.8 Å². The molecular formula is C17H25NO. The maximum absolute atomic E-state index is 5.24. The van der Waals surface area contributed by atoms with Gasteiger partial charge in [-0.3, -0.25) is 0 Å². The SMILES string of the molecule is COc1ccc(C(NCCCC2CC2)C2CC2)cc1. The Hall–Kier alpha value is -1.02. The molecule has 2 aliphatic carbocycles. The van der Waals surface area contributed by atoms with E-state index in [1.165, 1.54) is 50.6 Å². The molecule has 0 heterocycles. The summed E-state index contributed by atoms with van der Waals surface area (Å²) in [6.45, 7) is 1.17. The number of hydrogen-bond acceptors (Lipinski definition) is 2. The van der Waals surface area contributed by atoms with Gasteiger partial charge in [-0.2, -0.15) is 0 Å². The van der Waals surface area contributed by atoms with Gasteiger partial charge >= 0.3 is 0 Å². The number of benzene rings is 1. The lowest BCUT2D eigenvalue weighted by Gasteiger charge is -2.19. The van der Waals surface area contributed by atoms with E-state index in [0.717, 1.165) is 17.6 Å². The van der Waals surface area contributed by atoms with Crippen LogP contribution in [0.5, 0.6) is 5.75 Å². The van der Waals surface area contributed by atoms with Crippen molar-refractivity contribution in [2.45, 2.75) is 44.6 Å². The third-order valence-corrected chi connectivity index (χ3v) is 4.42. The Balaban J connectivity index is 1.52. The molecule has 1 unspecified atom stereocenters. The first-order chi connectivity index (χ1) is 9.36. The zero-order valence-corrected chi connectivity index (χ0v) is 11.9. The van der Waals surface area contributed by atoms with Crippen LogP contribution in [-0.2, 0) is 0 Å². The van der Waals surface area contributed by atoms with Crippen LogP contribution in [0.3, 0.4) is 0 Å². The van der Waals surface area contributed by atoms with Crippen LogP contribution in [0.15, 0.2) is 24.3 Å². The maximum atomic E-state index is 5.24. The summed E-state index contributed by atoms with van der Waals surface area (Å²) in [4.78, 5) is 0. The van der Waals surface area contributed by atoms with E-state index in [1.54, 1.807) is 7.11 Å². The lowest BCUT2D eigenvalue weighted by atomic mass is 10.0. The first kappa shape index (κ1) is 13.0. The molecule has 2 heteroatoms. The average molecular weight is 259 g/mol. The quantitative estimate of drug-likeness (QED) is 0.714. The summed E-state index contributed by atoms with van der Waals surface area (Å²) >= 11 is 0. The highest BCUT2D eigenvalue weighted by molar-refractivity contribution is 5.30. The van der Waals surface area contributed by atoms with Gasteiger partial charge in [-0.1, -0.05) is 25.0 Å². The molecule has 1 atom stereocenters. The largest absolute Gasteiger partial charge is 0.497 e. The minimum absolute atomic E-state index is 0.560. The van der Waals surface area contributed by atoms with Gasteiger partial charge in [0.1, 0.15) is 5.75 Å². The van der Waals surface area contributed by atoms with Crippen molar-refractivity contribution in [1.29, 1.82) is 0 Å². The molecule has 2 aliphatic rings. The molecule has 104 valence electrons. The highest BCUT2D eigenvalue weighted by Crippen LogP contribution is 2.41. The van der Waals surface area contributed by atoms with Gasteiger partial charge in [0, 0.05) is 6.04 Å². The molecular weight excluding hydrogens is 234 g/mol. The van der Waals surface area contributed by atoms with E-state index in [2.05, 4.69) is 29.6 Å². The van der Waals surface area contributed by atoms with Crippen LogP contribution in [-0.4, -0.2) is 13.7 Å². The van der Waals surface area contributed by atoms with Crippen LogP contribution in [0.4, 0.5) is 0 Å². The molecule has 0 amide bonds. The van der Waals surface area contributed by atoms with Crippen molar-refractivity contribution in [1.82, 2.24) is 5.32 Å². The van der Waals surface area contributed by atoms with Crippen molar-refractivity contribution >= 4 is 0 Å². The van der Waals surface area contributed by atoms with E-state index >= 15 is 0 Å². The first-order valence-electron chi connectivity index (χ1n) is 7.74. The van der Waals surface area contributed by atoms with Crippen molar-refractivity contribution < 1.29 is 4.74 Å². The minimum Gasteiger partial charge on any atom is -0.497 e. The van der Waals surface area contributed by atoms with Crippen LogP contribution in [0.2, 0.25) is 0 Å². The van der Waals surface area contributed by atoms with Crippen molar-refractivity contribution in [3.8, 4) is 5.75 Å². The number of hydrogen-bond donors (Lipinski definition) is 1. The van der Waals surface area contributed by atoms with Crippen LogP contribution in [0.1, 0.15) is 50.1 Å². The Kier molecular flexibility index (Phi) is 4.07. The van der Waals surface area contributed by atoms with Gasteiger partial charge < -0.3 is 10.1 Å². The van der Waals surface area contributed by atoms with Crippen molar-refractivity contribution in [3.05, 3.63) is 29.8 Å². The highest BCUT2D eigenvalue weighted by atomic mass is 16.5. The molecule has 0 bridgehead atoms. The fourth-order valence-electron chi connectivity index (χ4n) is 2.85. The monoisotopic (exact) mass is 259 g/mol. The molecule has 19 heavy (non-hydrogen) atoms. The summed E-state index contributed by atoms with van der Waals surface area (Å²) < 4.78 is 5.24. The normalized spacial score (nSPS) is 20.3. The van der Waals surface area contributed by atoms with Crippen LogP contribution in [0.25, 0.3) is 0 Å². The fraction of sp³-hybridized carbons (Fsp3) is 0.647. The molecule has 0 aliphatic heterocycles. The fourth-order valence-corrected chi connectivity index (χ4v) is 2.85. The molecule has 0 spiro atoms. The Labute approximate surface area is 116 Å². The molecule has 0 radical (unpaired) electrons. The van der Waals surface area contributed by atoms with Gasteiger partial charge in [-0.15, -0.1) is 0 Å². The van der Waals surface area contributed by atoms with Gasteiger partial charge in [-0.25, -0.2) is 0 Å². The van der Waals surface area contributed by atoms with Gasteiger partial charge in [0.25, 0.3) is 0 Å². The van der Waals surface area contributed by atoms with Crippen molar-refractivity contribution in [2.24, 2.45) is 11.8 Å². The smallest absolute Gasteiger partial charge is 0.118 e. The van der Waals surface area contributed by atoms with E-state index in [1.807, 2.05) is 0 Å². The van der Waals surface area contributed by atoms with Gasteiger partial charge in [0.15, 0.2) is 0 Å². The van der Waals surface area contributed by atoms with E-state index in [4.69, 9.17) is 4.74 Å². The maximum Gasteiger partial charge on any atom is 0.118 e. The summed E-state index contributed by atoms with van der Waals surface area (Å²) in [7, 11) is 1.73. The molecule has 0 saturated heterocycles. The van der Waals surface area contributed by atoms with E-state index in [-0.39, 0.29) is 0 Å². The summed E-state index contributed by atoms with van der Waals surface area (Å²) in [5.74, 6) is 2.86. The van der Waals surface area contributed by atoms with Gasteiger partial charge in [0.2, 0.25) is 0 Å². The van der Waals surface area contributed by atoms with Gasteiger partial charge in [0.05, 0.1) is 7.11 Å². The standard InChI is InChI=1S/C17H25NO/c1-19-16-10-8-15(9-11-16)17(14-6-7-14)18-12-2-3-13-4-5-13/h8-11,13-14,17-18H,2-7,12H2,1H3. The van der Waals surface area contributed by atoms with Crippen LogP contribution in [0, 0.1) is 11.8 Å². The predicted octanol–water partition coefficient (Wildman–Crippen LogP) is 3.93. The van der Waals surface area contributed by atoms with E-state index in [9.17, 15) is 0 Å². The first-order valence-corrected chi connectivity index (χ1v) is 7.74. The Morgan fingerprint density at radius 3 is 2.47 bits per heavy atom. The predicted molar refractivity (Wildman–Crippen MR) is 78.4 cm³/mol. The lowest BCUT2D eigenvalue weighted by molar-refractivity contribution is 0.413. The van der Waals surface area contributed by atoms with Crippen molar-refractivity contribution in [2.75, 3.05) is 13.7 Å². The molecule has 1 aromatic rings. The van der Waals surface area contributed by atoms with Crippen LogP contribution < -0.4 is 10.1 Å². The zero-order chi connectivity index (χ0) is 13.1. The second kappa shape index (κ2) is 5.96. The molecule has 2 saturated carbocycles.